The first kappa shape index (κ1) is 30.8. The number of carbonyl (C=O) groups is 1. The molecule has 2 atom stereocenters. The van der Waals surface area contributed by atoms with E-state index in [9.17, 15) is 13.6 Å². The summed E-state index contributed by atoms with van der Waals surface area (Å²) < 4.78 is 40.6. The van der Waals surface area contributed by atoms with Crippen molar-refractivity contribution >= 4 is 33.1 Å². The summed E-state index contributed by atoms with van der Waals surface area (Å²) in [4.78, 5) is 26.5. The van der Waals surface area contributed by atoms with E-state index >= 15 is 0 Å². The van der Waals surface area contributed by atoms with Crippen LogP contribution in [0.2, 0.25) is 0 Å². The van der Waals surface area contributed by atoms with Crippen LogP contribution in [0.25, 0.3) is 32.2 Å². The first-order valence-electron chi connectivity index (χ1n) is 16.8. The number of aryl methyl sites for hydroxylation is 3. The largest absolute Gasteiger partial charge is 0.493 e. The van der Waals surface area contributed by atoms with Gasteiger partial charge in [-0.3, -0.25) is 9.78 Å². The van der Waals surface area contributed by atoms with E-state index in [0.29, 0.717) is 59.1 Å². The molecule has 1 amide bonds. The monoisotopic (exact) mass is 690 g/mol. The summed E-state index contributed by atoms with van der Waals surface area (Å²) >= 11 is 1.50. The summed E-state index contributed by atoms with van der Waals surface area (Å²) in [5, 5.41) is 12.9. The van der Waals surface area contributed by atoms with Crippen molar-refractivity contribution in [2.45, 2.75) is 57.5 Å². The summed E-state index contributed by atoms with van der Waals surface area (Å²) in [5.41, 5.74) is 7.85. The number of pyridine rings is 1. The van der Waals surface area contributed by atoms with Gasteiger partial charge in [0.05, 0.1) is 57.6 Å². The average molecular weight is 691 g/mol. The number of thiazole rings is 1. The number of halogens is 2. The summed E-state index contributed by atoms with van der Waals surface area (Å²) in [6.07, 6.45) is 4.35. The van der Waals surface area contributed by atoms with E-state index in [-0.39, 0.29) is 35.5 Å². The van der Waals surface area contributed by atoms with Crippen LogP contribution >= 0.6 is 11.3 Å². The molecule has 9 rings (SSSR count). The molecule has 3 aromatic carbocycles. The molecule has 0 bridgehead atoms. The molecule has 1 N–H and O–H groups in total. The summed E-state index contributed by atoms with van der Waals surface area (Å²) in [5.74, 6) is 0.277. The molecule has 0 spiro atoms. The molecule has 1 aliphatic carbocycles. The number of methoxy groups -OCH3 is 1. The Morgan fingerprint density at radius 2 is 1.86 bits per heavy atom. The molecule has 6 aromatic rings. The first-order valence-corrected chi connectivity index (χ1v) is 17.6. The second-order valence-electron chi connectivity index (χ2n) is 13.0. The molecule has 5 heterocycles. The Morgan fingerprint density at radius 1 is 1.00 bits per heavy atom. The van der Waals surface area contributed by atoms with Crippen LogP contribution in [-0.2, 0) is 19.3 Å². The van der Waals surface area contributed by atoms with Crippen LogP contribution in [0.3, 0.4) is 0 Å². The number of anilines is 1. The Bertz CT molecular complexity index is 2320. The maximum absolute atomic E-state index is 14.5. The molecule has 9 nitrogen and oxygen atoms in total. The zero-order valence-corrected chi connectivity index (χ0v) is 28.2. The number of rotatable bonds is 8. The van der Waals surface area contributed by atoms with Crippen LogP contribution in [0, 0.1) is 18.6 Å². The quantitative estimate of drug-likeness (QED) is 0.171. The van der Waals surface area contributed by atoms with Crippen molar-refractivity contribution in [2.24, 2.45) is 0 Å². The van der Waals surface area contributed by atoms with Gasteiger partial charge in [-0.1, -0.05) is 24.3 Å². The van der Waals surface area contributed by atoms with Crippen molar-refractivity contribution in [1.82, 2.24) is 25.1 Å². The fourth-order valence-corrected chi connectivity index (χ4v) is 8.96. The van der Waals surface area contributed by atoms with Gasteiger partial charge >= 0.3 is 0 Å². The van der Waals surface area contributed by atoms with Crippen molar-refractivity contribution in [3.05, 3.63) is 106 Å². The number of carbonyl (C=O) groups excluding carboxylic acids is 1. The van der Waals surface area contributed by atoms with Crippen molar-refractivity contribution in [1.29, 1.82) is 0 Å². The van der Waals surface area contributed by atoms with Crippen molar-refractivity contribution < 1.29 is 22.7 Å². The van der Waals surface area contributed by atoms with Gasteiger partial charge in [-0.2, -0.15) is 0 Å². The smallest absolute Gasteiger partial charge is 0.257 e. The fourth-order valence-electron chi connectivity index (χ4n) is 7.86. The van der Waals surface area contributed by atoms with Crippen LogP contribution in [0.4, 0.5) is 14.5 Å². The van der Waals surface area contributed by atoms with Gasteiger partial charge in [-0.15, -0.1) is 21.5 Å². The number of hydrogen-bond donors (Lipinski definition) is 1. The topological polar surface area (TPSA) is 106 Å². The van der Waals surface area contributed by atoms with Gasteiger partial charge in [0.25, 0.3) is 5.91 Å². The molecule has 12 heteroatoms. The van der Waals surface area contributed by atoms with Gasteiger partial charge in [0.1, 0.15) is 10.8 Å². The molecule has 1 unspecified atom stereocenters. The molecule has 2 aliphatic heterocycles. The maximum Gasteiger partial charge on any atom is 0.257 e. The van der Waals surface area contributed by atoms with Crippen molar-refractivity contribution in [2.75, 3.05) is 19.0 Å². The number of nitrogens with zero attached hydrogens (tertiary/aromatic N) is 5. The third-order valence-corrected chi connectivity index (χ3v) is 11.2. The Labute approximate surface area is 290 Å². The standard InChI is InChI=1S/C38H32F2N6O3S/c1-19-44-45-36(49-19)30-26(16-10-20-8-11-21(39)12-9-20)42-33-29-7-4-18-46(29)38(47)32(33)31(30)37-43-28-6-3-5-27(35(28)50-37)41-25-17-14-23-22(25)13-15-24(40)34(23)48-2/h3,5-6,8-9,11-13,15,25,29,41H,4,7,10,14,16-18H2,1-2H3/t25?,29-/m0/s1. The van der Waals surface area contributed by atoms with Crippen molar-refractivity contribution in [3.63, 3.8) is 0 Å². The second-order valence-corrected chi connectivity index (χ2v) is 14.0. The normalized spacial score (nSPS) is 17.8. The lowest BCUT2D eigenvalue weighted by Crippen LogP contribution is -2.22. The van der Waals surface area contributed by atoms with E-state index in [2.05, 4.69) is 15.5 Å². The molecule has 1 saturated heterocycles. The van der Waals surface area contributed by atoms with Gasteiger partial charge < -0.3 is 19.4 Å². The summed E-state index contributed by atoms with van der Waals surface area (Å²) in [6, 6.07) is 15.6. The average Bonchev–Trinajstić information content (AvgIpc) is 3.96. The third kappa shape index (κ3) is 4.95. The molecule has 0 radical (unpaired) electrons. The lowest BCUT2D eigenvalue weighted by molar-refractivity contribution is 0.0776. The molecule has 3 aliphatic rings. The highest BCUT2D eigenvalue weighted by Gasteiger charge is 2.45. The van der Waals surface area contributed by atoms with Gasteiger partial charge in [-0.05, 0) is 80.0 Å². The minimum atomic E-state index is -0.356. The van der Waals surface area contributed by atoms with Crippen LogP contribution in [0.15, 0.2) is 59.0 Å². The van der Waals surface area contributed by atoms with Gasteiger partial charge in [-0.25, -0.2) is 13.8 Å². The van der Waals surface area contributed by atoms with Gasteiger partial charge in [0, 0.05) is 24.6 Å². The van der Waals surface area contributed by atoms with E-state index in [1.807, 2.05) is 29.2 Å². The Kier molecular flexibility index (Phi) is 7.38. The van der Waals surface area contributed by atoms with Crippen LogP contribution < -0.4 is 10.1 Å². The van der Waals surface area contributed by atoms with E-state index in [0.717, 1.165) is 63.2 Å². The number of ether oxygens (including phenoxy) is 1. The van der Waals surface area contributed by atoms with Gasteiger partial charge in [0.15, 0.2) is 11.6 Å². The number of amides is 1. The first-order chi connectivity index (χ1) is 24.4. The van der Waals surface area contributed by atoms with E-state index in [1.165, 1.54) is 36.6 Å². The molecule has 0 saturated carbocycles. The van der Waals surface area contributed by atoms with Crippen LogP contribution in [0.1, 0.15) is 75.7 Å². The molecule has 252 valence electrons. The lowest BCUT2D eigenvalue weighted by atomic mass is 9.94. The highest BCUT2D eigenvalue weighted by molar-refractivity contribution is 7.22. The predicted octanol–water partition coefficient (Wildman–Crippen LogP) is 8.18. The zero-order valence-electron chi connectivity index (χ0n) is 27.4. The fraction of sp³-hybridized carbons (Fsp3) is 0.289. The Balaban J connectivity index is 1.20. The lowest BCUT2D eigenvalue weighted by Gasteiger charge is -2.17. The minimum Gasteiger partial charge on any atom is -0.493 e. The Morgan fingerprint density at radius 3 is 2.66 bits per heavy atom. The predicted molar refractivity (Wildman–Crippen MR) is 185 cm³/mol. The number of benzene rings is 3. The zero-order chi connectivity index (χ0) is 34.1. The minimum absolute atomic E-state index is 0.0374. The molecular formula is C38H32F2N6O3S. The van der Waals surface area contributed by atoms with Crippen LogP contribution in [0.5, 0.6) is 5.75 Å². The number of aromatic nitrogens is 4. The molecule has 3 aromatic heterocycles. The maximum atomic E-state index is 14.5. The Hall–Kier alpha value is -5.23. The van der Waals surface area contributed by atoms with E-state index < -0.39 is 0 Å². The van der Waals surface area contributed by atoms with E-state index in [4.69, 9.17) is 19.1 Å². The summed E-state index contributed by atoms with van der Waals surface area (Å²) in [7, 11) is 1.50. The molecule has 50 heavy (non-hydrogen) atoms. The highest BCUT2D eigenvalue weighted by Crippen LogP contribution is 2.50. The number of fused-ring (bicyclic) bond motifs is 5. The molecule has 1 fully saturated rings. The highest BCUT2D eigenvalue weighted by atomic mass is 32.1. The summed E-state index contributed by atoms with van der Waals surface area (Å²) in [6.45, 7) is 2.40. The SMILES string of the molecule is COc1c(F)ccc2c1CCC2Nc1cccc2nc(-c3c4c(nc(CCc5ccc(F)cc5)c3-c3nnc(C)o3)[C@@H]3CCCN3C4=O)sc12. The third-order valence-electron chi connectivity index (χ3n) is 10.1. The number of hydrogen-bond acceptors (Lipinski definition) is 9. The van der Waals surface area contributed by atoms with Crippen molar-refractivity contribution in [3.8, 4) is 27.8 Å². The van der Waals surface area contributed by atoms with Gasteiger partial charge in [0.2, 0.25) is 11.8 Å². The van der Waals surface area contributed by atoms with Crippen LogP contribution in [-0.4, -0.2) is 44.6 Å². The van der Waals surface area contributed by atoms with E-state index in [1.54, 1.807) is 19.1 Å². The number of nitrogens with one attached hydrogen (secondary N) is 1. The second kappa shape index (κ2) is 12.0. The molecular weight excluding hydrogens is 659 g/mol.